The normalized spacial score (nSPS) is 6.72. The minimum atomic E-state index is -2.08. The maximum Gasteiger partial charge on any atom is 2.00 e. The summed E-state index contributed by atoms with van der Waals surface area (Å²) in [7, 11) is 0. The molecule has 14 nitrogen and oxygen atoms in total. The fourth-order valence-corrected chi connectivity index (χ4v) is 0. The number of rotatable bonds is 4. The van der Waals surface area contributed by atoms with Crippen molar-refractivity contribution in [1.29, 1.82) is 0 Å². The van der Waals surface area contributed by atoms with Crippen molar-refractivity contribution in [2.75, 3.05) is 52.6 Å². The second-order valence-electron chi connectivity index (χ2n) is 2.58. The largest absolute Gasteiger partial charge is 2.00 e. The first kappa shape index (κ1) is 43.9. The SMILES string of the molecule is NCCO.NCCO.NCCO.NCCO.O=C([O-])O.O=C([O-])O.[Pt+2]. The molecule has 160 valence electrons. The van der Waals surface area contributed by atoms with Crippen LogP contribution >= 0.6 is 0 Å². The molecular weight excluding hydrogens is 531 g/mol. The molecule has 0 aromatic carbocycles. The van der Waals surface area contributed by atoms with Gasteiger partial charge in [-0.25, -0.2) is 0 Å². The van der Waals surface area contributed by atoms with Crippen LogP contribution in [0.3, 0.4) is 0 Å². The van der Waals surface area contributed by atoms with Crippen molar-refractivity contribution >= 4 is 12.3 Å². The summed E-state index contributed by atoms with van der Waals surface area (Å²) in [6.45, 7) is 1.89. The molecule has 0 heterocycles. The molecule has 0 aliphatic heterocycles. The second kappa shape index (κ2) is 66.0. The van der Waals surface area contributed by atoms with Crippen LogP contribution in [0.5, 0.6) is 0 Å². The van der Waals surface area contributed by atoms with Crippen molar-refractivity contribution in [1.82, 2.24) is 0 Å². The molecule has 0 rings (SSSR count). The van der Waals surface area contributed by atoms with Gasteiger partial charge in [0.25, 0.3) is 0 Å². The molecule has 0 aromatic rings. The van der Waals surface area contributed by atoms with Crippen LogP contribution in [0.15, 0.2) is 0 Å². The fraction of sp³-hybridized carbons (Fsp3) is 0.800. The summed E-state index contributed by atoms with van der Waals surface area (Å²) in [4.78, 5) is 16.9. The third-order valence-electron chi connectivity index (χ3n) is 0.516. The molecule has 0 aliphatic rings. The fourth-order valence-electron chi connectivity index (χ4n) is 0. The number of aliphatic hydroxyl groups is 4. The molecule has 0 saturated carbocycles. The van der Waals surface area contributed by atoms with Crippen molar-refractivity contribution < 1.29 is 71.5 Å². The van der Waals surface area contributed by atoms with Crippen molar-refractivity contribution in [3.63, 3.8) is 0 Å². The first-order valence-electron chi connectivity index (χ1n) is 6.16. The number of hydrogen-bond acceptors (Lipinski definition) is 12. The third-order valence-corrected chi connectivity index (χ3v) is 0.516. The van der Waals surface area contributed by atoms with E-state index in [9.17, 15) is 0 Å². The predicted octanol–water partition coefficient (Wildman–Crippen LogP) is -6.48. The summed E-state index contributed by atoms with van der Waals surface area (Å²) >= 11 is 0. The van der Waals surface area contributed by atoms with E-state index in [0.29, 0.717) is 26.2 Å². The predicted molar refractivity (Wildman–Crippen MR) is 80.6 cm³/mol. The zero-order valence-corrected chi connectivity index (χ0v) is 15.9. The Bertz CT molecular complexity index is 163. The average Bonchev–Trinajstić information content (AvgIpc) is 2.54. The second-order valence-corrected chi connectivity index (χ2v) is 2.58. The molecule has 14 N–H and O–H groups in total. The van der Waals surface area contributed by atoms with E-state index in [1.807, 2.05) is 0 Å². The van der Waals surface area contributed by atoms with Crippen LogP contribution in [-0.2, 0) is 21.1 Å². The Labute approximate surface area is 159 Å². The van der Waals surface area contributed by atoms with E-state index in [1.165, 1.54) is 0 Å². The van der Waals surface area contributed by atoms with E-state index in [0.717, 1.165) is 0 Å². The number of aliphatic hydroxyl groups excluding tert-OH is 4. The Hall–Kier alpha value is -1.09. The zero-order valence-electron chi connectivity index (χ0n) is 13.6. The van der Waals surface area contributed by atoms with E-state index in [1.54, 1.807) is 0 Å². The molecule has 0 aliphatic carbocycles. The molecule has 15 heteroatoms. The quantitative estimate of drug-likeness (QED) is 0.153. The van der Waals surface area contributed by atoms with Crippen molar-refractivity contribution in [2.45, 2.75) is 0 Å². The van der Waals surface area contributed by atoms with E-state index < -0.39 is 12.3 Å². The Morgan fingerprint density at radius 1 is 0.600 bits per heavy atom. The van der Waals surface area contributed by atoms with E-state index in [4.69, 9.17) is 73.4 Å². The molecule has 25 heavy (non-hydrogen) atoms. The molecule has 0 aromatic heterocycles. The van der Waals surface area contributed by atoms with Crippen LogP contribution in [0.2, 0.25) is 0 Å². The van der Waals surface area contributed by atoms with Gasteiger partial charge in [-0.2, -0.15) is 0 Å². The maximum absolute atomic E-state index is 8.44. The summed E-state index contributed by atoms with van der Waals surface area (Å²) in [6.07, 6.45) is -4.17. The van der Waals surface area contributed by atoms with Gasteiger partial charge >= 0.3 is 21.1 Å². The molecule has 0 unspecified atom stereocenters. The van der Waals surface area contributed by atoms with Gasteiger partial charge in [0.2, 0.25) is 12.3 Å². The first-order chi connectivity index (χ1) is 11.1. The molecule has 0 amide bonds. The van der Waals surface area contributed by atoms with Gasteiger partial charge in [-0.15, -0.1) is 0 Å². The minimum absolute atomic E-state index is 0. The molecule has 0 atom stereocenters. The minimum Gasteiger partial charge on any atom is -0.565 e. The van der Waals surface area contributed by atoms with Gasteiger partial charge in [0.1, 0.15) is 0 Å². The van der Waals surface area contributed by atoms with Crippen molar-refractivity contribution in [3.05, 3.63) is 0 Å². The van der Waals surface area contributed by atoms with Gasteiger partial charge in [0.05, 0.1) is 26.4 Å². The van der Waals surface area contributed by atoms with Crippen molar-refractivity contribution in [2.24, 2.45) is 22.9 Å². The summed E-state index contributed by atoms with van der Waals surface area (Å²) in [5.74, 6) is 0. The topological polar surface area (TPSA) is 306 Å². The Morgan fingerprint density at radius 2 is 0.640 bits per heavy atom. The molecule has 0 spiro atoms. The molecule has 0 radical (unpaired) electrons. The van der Waals surface area contributed by atoms with Gasteiger partial charge in [0, 0.05) is 26.2 Å². The molecule has 0 fully saturated rings. The number of hydrogen-bond donors (Lipinski definition) is 10. The standard InChI is InChI=1S/4C2H7NO.2CH2O3.Pt/c4*3-1-2-4;2*2-1(3)4;/h4*4H,1-3H2;2*(H2,2,3,4);/q;;;;;;+2/p-2. The van der Waals surface area contributed by atoms with E-state index in [2.05, 4.69) is 0 Å². The molecular formula is C10H30N4O10Pt. The average molecular weight is 561 g/mol. The van der Waals surface area contributed by atoms with Gasteiger partial charge < -0.3 is 73.4 Å². The Morgan fingerprint density at radius 3 is 0.640 bits per heavy atom. The van der Waals surface area contributed by atoms with Gasteiger partial charge in [-0.05, 0) is 0 Å². The number of carboxylic acid groups (broad SMARTS) is 4. The monoisotopic (exact) mass is 561 g/mol. The van der Waals surface area contributed by atoms with Gasteiger partial charge in [-0.1, -0.05) is 0 Å². The smallest absolute Gasteiger partial charge is 0.565 e. The summed E-state index contributed by atoms with van der Waals surface area (Å²) in [5, 5.41) is 61.6. The molecule has 0 bridgehead atoms. The van der Waals surface area contributed by atoms with Gasteiger partial charge in [-0.3, -0.25) is 0 Å². The Kier molecular flexibility index (Phi) is 116. The first-order valence-corrected chi connectivity index (χ1v) is 6.16. The van der Waals surface area contributed by atoms with Crippen molar-refractivity contribution in [3.8, 4) is 0 Å². The van der Waals surface area contributed by atoms with Crippen LogP contribution in [-0.4, -0.2) is 95.6 Å². The number of carbonyl (C=O) groups is 2. The summed E-state index contributed by atoms with van der Waals surface area (Å²) < 4.78 is 0. The van der Waals surface area contributed by atoms with Crippen LogP contribution in [0.1, 0.15) is 0 Å². The third kappa shape index (κ3) is 1180. The summed E-state index contributed by atoms with van der Waals surface area (Å²) in [5.41, 5.74) is 19.1. The van der Waals surface area contributed by atoms with E-state index in [-0.39, 0.29) is 47.5 Å². The van der Waals surface area contributed by atoms with Crippen LogP contribution in [0.25, 0.3) is 0 Å². The molecule has 0 saturated heterocycles. The van der Waals surface area contributed by atoms with E-state index >= 15 is 0 Å². The van der Waals surface area contributed by atoms with Crippen LogP contribution < -0.4 is 33.1 Å². The summed E-state index contributed by atoms with van der Waals surface area (Å²) in [6, 6.07) is 0. The van der Waals surface area contributed by atoms with Crippen LogP contribution in [0, 0.1) is 0 Å². The van der Waals surface area contributed by atoms with Crippen LogP contribution in [0.4, 0.5) is 9.59 Å². The van der Waals surface area contributed by atoms with Gasteiger partial charge in [0.15, 0.2) is 0 Å². The zero-order chi connectivity index (χ0) is 20.8. The maximum atomic E-state index is 8.44. The Balaban J connectivity index is -0.0000000309. The number of nitrogens with two attached hydrogens (primary N) is 4.